The lowest BCUT2D eigenvalue weighted by Crippen LogP contribution is -2.41. The summed E-state index contributed by atoms with van der Waals surface area (Å²) in [5.41, 5.74) is 5.43. The van der Waals surface area contributed by atoms with Crippen molar-refractivity contribution in [1.29, 1.82) is 5.26 Å². The van der Waals surface area contributed by atoms with Crippen LogP contribution in [0.2, 0.25) is 0 Å². The number of benzene rings is 3. The fourth-order valence-corrected chi connectivity index (χ4v) is 6.46. The van der Waals surface area contributed by atoms with Crippen molar-refractivity contribution in [3.8, 4) is 17.2 Å². The van der Waals surface area contributed by atoms with Gasteiger partial charge in [0.2, 0.25) is 10.0 Å². The van der Waals surface area contributed by atoms with Gasteiger partial charge in [0.25, 0.3) is 0 Å². The SMILES string of the molecule is Cc1ccc(F)c(CC#N)c1-c1ccc2c(c1)C1(CCCC1)CN2C(=O)NCc1ccc(S(N)(=O)=O)cc1. The molecule has 0 radical (unpaired) electrons. The molecule has 1 heterocycles. The van der Waals surface area contributed by atoms with Crippen LogP contribution in [-0.2, 0) is 28.4 Å². The van der Waals surface area contributed by atoms with Gasteiger partial charge in [0.1, 0.15) is 5.82 Å². The number of carbonyl (C=O) groups excluding carboxylic acids is 1. The van der Waals surface area contributed by atoms with Crippen LogP contribution in [0.15, 0.2) is 59.5 Å². The zero-order chi connectivity index (χ0) is 27.1. The molecule has 1 spiro atoms. The molecule has 0 unspecified atom stereocenters. The summed E-state index contributed by atoms with van der Waals surface area (Å²) in [6.45, 7) is 2.72. The van der Waals surface area contributed by atoms with Gasteiger partial charge in [-0.2, -0.15) is 5.26 Å². The van der Waals surface area contributed by atoms with E-state index in [2.05, 4.69) is 17.5 Å². The average molecular weight is 533 g/mol. The van der Waals surface area contributed by atoms with E-state index >= 15 is 0 Å². The molecule has 3 N–H and O–H groups in total. The highest BCUT2D eigenvalue weighted by Gasteiger charge is 2.46. The molecule has 0 bridgehead atoms. The summed E-state index contributed by atoms with van der Waals surface area (Å²) >= 11 is 0. The van der Waals surface area contributed by atoms with E-state index in [1.165, 1.54) is 18.2 Å². The van der Waals surface area contributed by atoms with Gasteiger partial charge >= 0.3 is 6.03 Å². The maximum absolute atomic E-state index is 14.7. The normalized spacial score (nSPS) is 15.9. The Morgan fingerprint density at radius 1 is 1.13 bits per heavy atom. The minimum absolute atomic E-state index is 0.0161. The number of anilines is 1. The van der Waals surface area contributed by atoms with Crippen LogP contribution in [-0.4, -0.2) is 21.0 Å². The molecule has 1 aliphatic carbocycles. The number of urea groups is 1. The number of nitriles is 1. The maximum atomic E-state index is 14.7. The van der Waals surface area contributed by atoms with Crippen molar-refractivity contribution < 1.29 is 17.6 Å². The van der Waals surface area contributed by atoms with Crippen LogP contribution < -0.4 is 15.4 Å². The Bertz CT molecular complexity index is 1560. The Morgan fingerprint density at radius 3 is 2.50 bits per heavy atom. The third-order valence-corrected chi connectivity index (χ3v) is 8.76. The molecular weight excluding hydrogens is 503 g/mol. The summed E-state index contributed by atoms with van der Waals surface area (Å²) in [7, 11) is -3.78. The molecule has 0 atom stereocenters. The first-order valence-corrected chi connectivity index (χ1v) is 14.1. The van der Waals surface area contributed by atoms with E-state index in [1.54, 1.807) is 23.1 Å². The van der Waals surface area contributed by atoms with Gasteiger partial charge < -0.3 is 5.32 Å². The van der Waals surface area contributed by atoms with Crippen LogP contribution in [0.4, 0.5) is 14.9 Å². The fourth-order valence-electron chi connectivity index (χ4n) is 5.95. The molecule has 9 heteroatoms. The van der Waals surface area contributed by atoms with Crippen molar-refractivity contribution in [2.24, 2.45) is 5.14 Å². The summed E-state index contributed by atoms with van der Waals surface area (Å²) in [4.78, 5) is 15.1. The van der Waals surface area contributed by atoms with E-state index in [9.17, 15) is 22.9 Å². The largest absolute Gasteiger partial charge is 0.334 e. The second-order valence-corrected chi connectivity index (χ2v) is 11.8. The topological polar surface area (TPSA) is 116 Å². The van der Waals surface area contributed by atoms with Crippen molar-refractivity contribution in [2.45, 2.75) is 55.9 Å². The lowest BCUT2D eigenvalue weighted by atomic mass is 9.79. The molecule has 2 amide bonds. The van der Waals surface area contributed by atoms with Crippen LogP contribution in [0.1, 0.15) is 47.9 Å². The van der Waals surface area contributed by atoms with E-state index in [4.69, 9.17) is 5.14 Å². The number of aryl methyl sites for hydroxylation is 1. The van der Waals surface area contributed by atoms with Gasteiger partial charge in [-0.1, -0.05) is 37.1 Å². The van der Waals surface area contributed by atoms with Gasteiger partial charge in [0.05, 0.1) is 17.4 Å². The van der Waals surface area contributed by atoms with Gasteiger partial charge in [0, 0.05) is 29.8 Å². The third-order valence-electron chi connectivity index (χ3n) is 7.83. The van der Waals surface area contributed by atoms with Gasteiger partial charge in [-0.3, -0.25) is 4.90 Å². The summed E-state index contributed by atoms with van der Waals surface area (Å²) in [5, 5.41) is 17.4. The predicted octanol–water partition coefficient (Wildman–Crippen LogP) is 5.06. The summed E-state index contributed by atoms with van der Waals surface area (Å²) in [6, 6.07) is 17.0. The smallest absolute Gasteiger partial charge is 0.322 e. The van der Waals surface area contributed by atoms with Gasteiger partial charge in [-0.05, 0) is 77.9 Å². The lowest BCUT2D eigenvalue weighted by molar-refractivity contribution is 0.245. The Hall–Kier alpha value is -3.74. The Balaban J connectivity index is 1.45. The molecule has 196 valence electrons. The minimum atomic E-state index is -3.78. The molecule has 2 aliphatic rings. The van der Waals surface area contributed by atoms with Crippen molar-refractivity contribution in [1.82, 2.24) is 5.32 Å². The molecule has 1 aliphatic heterocycles. The average Bonchev–Trinajstić information content (AvgIpc) is 3.50. The molecule has 5 rings (SSSR count). The Labute approximate surface area is 222 Å². The third kappa shape index (κ3) is 4.66. The number of carbonyl (C=O) groups is 1. The van der Waals surface area contributed by atoms with Crippen molar-refractivity contribution in [3.05, 3.63) is 82.7 Å². The van der Waals surface area contributed by atoms with E-state index in [0.717, 1.165) is 59.2 Å². The van der Waals surface area contributed by atoms with E-state index < -0.39 is 10.0 Å². The minimum Gasteiger partial charge on any atom is -0.334 e. The molecule has 0 saturated heterocycles. The van der Waals surface area contributed by atoms with Crippen LogP contribution in [0.5, 0.6) is 0 Å². The van der Waals surface area contributed by atoms with Crippen LogP contribution in [0.25, 0.3) is 11.1 Å². The molecule has 0 aromatic heterocycles. The lowest BCUT2D eigenvalue weighted by Gasteiger charge is -2.25. The van der Waals surface area contributed by atoms with E-state index in [1.807, 2.05) is 19.1 Å². The zero-order valence-electron chi connectivity index (χ0n) is 21.1. The molecule has 38 heavy (non-hydrogen) atoms. The molecule has 1 saturated carbocycles. The molecule has 3 aromatic carbocycles. The number of nitrogens with two attached hydrogens (primary N) is 1. The maximum Gasteiger partial charge on any atom is 0.322 e. The Morgan fingerprint density at radius 2 is 1.84 bits per heavy atom. The molecule has 3 aromatic rings. The number of fused-ring (bicyclic) bond motifs is 2. The first kappa shape index (κ1) is 25.9. The first-order chi connectivity index (χ1) is 18.1. The van der Waals surface area contributed by atoms with Gasteiger partial charge in [-0.25, -0.2) is 22.7 Å². The number of halogens is 1. The standard InChI is InChI=1S/C29H29FN4O3S/c1-19-4-10-25(30)23(12-15-31)27(19)21-7-11-26-24(16-21)29(13-2-3-14-29)18-34(26)28(35)33-17-20-5-8-22(9-6-20)38(32,36)37/h4-11,16H,2-3,12-14,17-18H2,1H3,(H,33,35)(H2,32,36,37). The van der Waals surface area contributed by atoms with Crippen molar-refractivity contribution in [3.63, 3.8) is 0 Å². The number of amides is 2. The number of rotatable bonds is 5. The van der Waals surface area contributed by atoms with E-state index in [0.29, 0.717) is 12.1 Å². The quantitative estimate of drug-likeness (QED) is 0.478. The predicted molar refractivity (Wildman–Crippen MR) is 143 cm³/mol. The summed E-state index contributed by atoms with van der Waals surface area (Å²) in [6.07, 6.45) is 4.07. The van der Waals surface area contributed by atoms with Crippen LogP contribution in [0.3, 0.4) is 0 Å². The summed E-state index contributed by atoms with van der Waals surface area (Å²) in [5.74, 6) is -0.388. The molecule has 7 nitrogen and oxygen atoms in total. The van der Waals surface area contributed by atoms with Gasteiger partial charge in [-0.15, -0.1) is 0 Å². The number of nitrogens with zero attached hydrogens (tertiary/aromatic N) is 2. The highest BCUT2D eigenvalue weighted by atomic mass is 32.2. The van der Waals surface area contributed by atoms with E-state index in [-0.39, 0.29) is 35.1 Å². The number of primary sulfonamides is 1. The number of hydrogen-bond acceptors (Lipinski definition) is 4. The second-order valence-electron chi connectivity index (χ2n) is 10.2. The van der Waals surface area contributed by atoms with Crippen molar-refractivity contribution in [2.75, 3.05) is 11.4 Å². The fraction of sp³-hybridized carbons (Fsp3) is 0.310. The van der Waals surface area contributed by atoms with Crippen LogP contribution in [0, 0.1) is 24.1 Å². The van der Waals surface area contributed by atoms with Crippen LogP contribution >= 0.6 is 0 Å². The second kappa shape index (κ2) is 9.86. The molecular formula is C29H29FN4O3S. The first-order valence-electron chi connectivity index (χ1n) is 12.6. The zero-order valence-corrected chi connectivity index (χ0v) is 21.9. The number of sulfonamides is 1. The molecule has 1 fully saturated rings. The summed E-state index contributed by atoms with van der Waals surface area (Å²) < 4.78 is 37.7. The number of nitrogens with one attached hydrogen (secondary N) is 1. The van der Waals surface area contributed by atoms with Gasteiger partial charge in [0.15, 0.2) is 0 Å². The number of hydrogen-bond donors (Lipinski definition) is 2. The monoisotopic (exact) mass is 532 g/mol. The van der Waals surface area contributed by atoms with Crippen molar-refractivity contribution >= 4 is 21.7 Å². The highest BCUT2D eigenvalue weighted by molar-refractivity contribution is 7.89. The highest BCUT2D eigenvalue weighted by Crippen LogP contribution is 2.51. The Kier molecular flexibility index (Phi) is 6.72.